The zero-order chi connectivity index (χ0) is 19.8. The van der Waals surface area contributed by atoms with E-state index < -0.39 is 0 Å². The van der Waals surface area contributed by atoms with Crippen LogP contribution in [0.1, 0.15) is 17.5 Å². The van der Waals surface area contributed by atoms with Crippen molar-refractivity contribution in [2.45, 2.75) is 12.8 Å². The molecule has 27 heavy (non-hydrogen) atoms. The Hall–Kier alpha value is -3.41. The molecule has 0 aliphatic rings. The van der Waals surface area contributed by atoms with Gasteiger partial charge in [-0.15, -0.1) is 0 Å². The van der Waals surface area contributed by atoms with Gasteiger partial charge in [-0.3, -0.25) is 4.79 Å². The lowest BCUT2D eigenvalue weighted by atomic mass is 10.1. The number of allylic oxidation sites excluding steroid dienone is 3. The summed E-state index contributed by atoms with van der Waals surface area (Å²) in [6, 6.07) is 7.95. The van der Waals surface area contributed by atoms with Crippen molar-refractivity contribution in [3.8, 4) is 28.7 Å². The van der Waals surface area contributed by atoms with Crippen LogP contribution in [0.25, 0.3) is 6.08 Å². The summed E-state index contributed by atoms with van der Waals surface area (Å²) in [5.41, 5.74) is 1.52. The van der Waals surface area contributed by atoms with Gasteiger partial charge in [-0.2, -0.15) is 0 Å². The molecule has 0 bridgehead atoms. The summed E-state index contributed by atoms with van der Waals surface area (Å²) >= 11 is 0. The fourth-order valence-electron chi connectivity index (χ4n) is 2.42. The highest BCUT2D eigenvalue weighted by molar-refractivity contribution is 5.90. The number of phenols is 3. The van der Waals surface area contributed by atoms with Gasteiger partial charge in [0, 0.05) is 6.42 Å². The van der Waals surface area contributed by atoms with Crippen LogP contribution in [0.5, 0.6) is 28.7 Å². The first-order valence-corrected chi connectivity index (χ1v) is 8.28. The van der Waals surface area contributed by atoms with Crippen molar-refractivity contribution in [2.75, 3.05) is 14.2 Å². The van der Waals surface area contributed by atoms with Crippen LogP contribution >= 0.6 is 0 Å². The molecule has 3 N–H and O–H groups in total. The quantitative estimate of drug-likeness (QED) is 0.373. The number of ether oxygens (including phenoxy) is 2. The third-order valence-corrected chi connectivity index (χ3v) is 3.88. The highest BCUT2D eigenvalue weighted by Gasteiger charge is 2.08. The number of carbonyl (C=O) groups excluding carboxylic acids is 1. The topological polar surface area (TPSA) is 96.2 Å². The Labute approximate surface area is 157 Å². The standard InChI is InChI=1S/C21H22O6/c1-26-19-12-14(8-10-17(19)23)7-9-16(22)6-4-3-5-15-11-18(24)21(25)20(13-15)27-2/h3-6,8,10-13,23-25H,7,9H2,1-2H3. The second kappa shape index (κ2) is 9.33. The third-order valence-electron chi connectivity index (χ3n) is 3.88. The second-order valence-corrected chi connectivity index (χ2v) is 5.78. The molecule has 0 heterocycles. The van der Waals surface area contributed by atoms with Crippen molar-refractivity contribution in [3.05, 3.63) is 59.7 Å². The van der Waals surface area contributed by atoms with Crippen LogP contribution in [0, 0.1) is 0 Å². The lowest BCUT2D eigenvalue weighted by Gasteiger charge is -2.06. The average Bonchev–Trinajstić information content (AvgIpc) is 2.67. The molecule has 0 unspecified atom stereocenters. The van der Waals surface area contributed by atoms with E-state index in [2.05, 4.69) is 0 Å². The molecule has 6 heteroatoms. The summed E-state index contributed by atoms with van der Waals surface area (Å²) in [7, 11) is 2.87. The molecular weight excluding hydrogens is 348 g/mol. The fourth-order valence-corrected chi connectivity index (χ4v) is 2.42. The third kappa shape index (κ3) is 5.54. The number of phenolic OH excluding ortho intramolecular Hbond substituents is 3. The maximum atomic E-state index is 12.0. The number of methoxy groups -OCH3 is 2. The largest absolute Gasteiger partial charge is 0.504 e. The minimum absolute atomic E-state index is 0.0437. The lowest BCUT2D eigenvalue weighted by molar-refractivity contribution is -0.114. The summed E-state index contributed by atoms with van der Waals surface area (Å²) < 4.78 is 10.0. The molecule has 0 fully saturated rings. The molecule has 0 radical (unpaired) electrons. The van der Waals surface area contributed by atoms with Gasteiger partial charge in [0.05, 0.1) is 14.2 Å². The summed E-state index contributed by atoms with van der Waals surface area (Å²) in [5.74, 6) is -0.0259. The van der Waals surface area contributed by atoms with Crippen molar-refractivity contribution in [3.63, 3.8) is 0 Å². The summed E-state index contributed by atoms with van der Waals surface area (Å²) in [6.45, 7) is 0. The van der Waals surface area contributed by atoms with E-state index in [1.807, 2.05) is 0 Å². The zero-order valence-electron chi connectivity index (χ0n) is 15.2. The van der Waals surface area contributed by atoms with Crippen molar-refractivity contribution in [2.24, 2.45) is 0 Å². The van der Waals surface area contributed by atoms with E-state index in [0.717, 1.165) is 5.56 Å². The SMILES string of the molecule is COc1cc(CCC(=O)C=CC=Cc2cc(O)c(O)c(OC)c2)ccc1O. The second-order valence-electron chi connectivity index (χ2n) is 5.78. The van der Waals surface area contributed by atoms with E-state index in [0.29, 0.717) is 24.2 Å². The van der Waals surface area contributed by atoms with Gasteiger partial charge in [0.2, 0.25) is 5.75 Å². The normalized spacial score (nSPS) is 11.2. The number of ketones is 1. The van der Waals surface area contributed by atoms with E-state index in [9.17, 15) is 20.1 Å². The predicted molar refractivity (Wildman–Crippen MR) is 102 cm³/mol. The minimum Gasteiger partial charge on any atom is -0.504 e. The summed E-state index contributed by atoms with van der Waals surface area (Å²) in [6.07, 6.45) is 7.27. The van der Waals surface area contributed by atoms with E-state index in [1.54, 1.807) is 42.5 Å². The molecule has 0 aromatic heterocycles. The molecule has 0 aliphatic carbocycles. The molecule has 0 spiro atoms. The van der Waals surface area contributed by atoms with Crippen molar-refractivity contribution >= 4 is 11.9 Å². The molecule has 0 saturated carbocycles. The summed E-state index contributed by atoms with van der Waals surface area (Å²) in [5, 5.41) is 28.8. The highest BCUT2D eigenvalue weighted by Crippen LogP contribution is 2.36. The first kappa shape index (κ1) is 19.9. The van der Waals surface area contributed by atoms with Gasteiger partial charge in [0.25, 0.3) is 0 Å². The Kier molecular flexibility index (Phi) is 6.88. The van der Waals surface area contributed by atoms with Crippen molar-refractivity contribution in [1.82, 2.24) is 0 Å². The number of benzene rings is 2. The molecule has 142 valence electrons. The van der Waals surface area contributed by atoms with Crippen molar-refractivity contribution in [1.29, 1.82) is 0 Å². The monoisotopic (exact) mass is 370 g/mol. The molecule has 0 aliphatic heterocycles. The van der Waals surface area contributed by atoms with Gasteiger partial charge in [-0.1, -0.05) is 24.3 Å². The fraction of sp³-hybridized carbons (Fsp3) is 0.190. The van der Waals surface area contributed by atoms with E-state index >= 15 is 0 Å². The first-order chi connectivity index (χ1) is 12.9. The van der Waals surface area contributed by atoms with Crippen molar-refractivity contribution < 1.29 is 29.6 Å². The molecule has 0 amide bonds. The van der Waals surface area contributed by atoms with Gasteiger partial charge in [-0.05, 0) is 47.9 Å². The van der Waals surface area contributed by atoms with Gasteiger partial charge < -0.3 is 24.8 Å². The Morgan fingerprint density at radius 3 is 2.41 bits per heavy atom. The smallest absolute Gasteiger partial charge is 0.200 e. The number of hydrogen-bond donors (Lipinski definition) is 3. The Bertz CT molecular complexity index is 867. The predicted octanol–water partition coefficient (Wildman–Crippen LogP) is 3.59. The molecule has 2 rings (SSSR count). The minimum atomic E-state index is -0.314. The first-order valence-electron chi connectivity index (χ1n) is 8.28. The Morgan fingerprint density at radius 1 is 0.963 bits per heavy atom. The number of aryl methyl sites for hydroxylation is 1. The number of aromatic hydroxyl groups is 3. The van der Waals surface area contributed by atoms with Crippen LogP contribution in [0.3, 0.4) is 0 Å². The van der Waals surface area contributed by atoms with Crippen LogP contribution in [0.4, 0.5) is 0 Å². The van der Waals surface area contributed by atoms with Gasteiger partial charge in [0.1, 0.15) is 0 Å². The lowest BCUT2D eigenvalue weighted by Crippen LogP contribution is -1.96. The van der Waals surface area contributed by atoms with Crippen LogP contribution in [-0.2, 0) is 11.2 Å². The summed E-state index contributed by atoms with van der Waals surface area (Å²) in [4.78, 5) is 12.0. The molecule has 0 atom stereocenters. The molecule has 2 aromatic carbocycles. The maximum absolute atomic E-state index is 12.0. The molecular formula is C21H22O6. The van der Waals surface area contributed by atoms with E-state index in [4.69, 9.17) is 9.47 Å². The molecule has 2 aromatic rings. The van der Waals surface area contributed by atoms with E-state index in [-0.39, 0.29) is 28.8 Å². The average molecular weight is 370 g/mol. The van der Waals surface area contributed by atoms with E-state index in [1.165, 1.54) is 26.4 Å². The zero-order valence-corrected chi connectivity index (χ0v) is 15.2. The molecule has 6 nitrogen and oxygen atoms in total. The molecule has 0 saturated heterocycles. The number of carbonyl (C=O) groups is 1. The number of rotatable bonds is 8. The maximum Gasteiger partial charge on any atom is 0.200 e. The number of hydrogen-bond acceptors (Lipinski definition) is 6. The van der Waals surface area contributed by atoms with Crippen LogP contribution in [-0.4, -0.2) is 35.3 Å². The Morgan fingerprint density at radius 2 is 1.70 bits per heavy atom. The van der Waals surface area contributed by atoms with Gasteiger partial charge in [0.15, 0.2) is 28.8 Å². The van der Waals surface area contributed by atoms with Crippen LogP contribution in [0.15, 0.2) is 48.6 Å². The van der Waals surface area contributed by atoms with Crippen LogP contribution in [0.2, 0.25) is 0 Å². The van der Waals surface area contributed by atoms with Gasteiger partial charge in [-0.25, -0.2) is 0 Å². The Balaban J connectivity index is 1.91. The highest BCUT2D eigenvalue weighted by atomic mass is 16.5. The van der Waals surface area contributed by atoms with Gasteiger partial charge >= 0.3 is 0 Å². The van der Waals surface area contributed by atoms with Crippen LogP contribution < -0.4 is 9.47 Å².